The maximum absolute atomic E-state index is 13.1. The van der Waals surface area contributed by atoms with Gasteiger partial charge in [-0.25, -0.2) is 8.78 Å². The van der Waals surface area contributed by atoms with Crippen molar-refractivity contribution < 1.29 is 18.3 Å². The summed E-state index contributed by atoms with van der Waals surface area (Å²) < 4.78 is 37.7. The molecule has 3 unspecified atom stereocenters. The fourth-order valence-electron chi connectivity index (χ4n) is 2.41. The van der Waals surface area contributed by atoms with E-state index in [1.54, 1.807) is 0 Å². The van der Waals surface area contributed by atoms with Gasteiger partial charge < -0.3 is 14.8 Å². The van der Waals surface area contributed by atoms with E-state index in [2.05, 4.69) is 5.32 Å². The maximum atomic E-state index is 13.1. The fourth-order valence-corrected chi connectivity index (χ4v) is 2.41. The van der Waals surface area contributed by atoms with E-state index in [4.69, 9.17) is 9.47 Å². The minimum absolute atomic E-state index is 0.0683. The number of ether oxygens (including phenoxy) is 2. The highest BCUT2D eigenvalue weighted by atomic mass is 19.1. The lowest BCUT2D eigenvalue weighted by Gasteiger charge is -2.44. The van der Waals surface area contributed by atoms with Crippen LogP contribution in [0.15, 0.2) is 18.2 Å². The van der Waals surface area contributed by atoms with Crippen LogP contribution in [0.2, 0.25) is 0 Å². The normalized spacial score (nSPS) is 25.3. The minimum Gasteiger partial charge on any atom is -0.487 e. The molecule has 112 valence electrons. The van der Waals surface area contributed by atoms with E-state index < -0.39 is 11.6 Å². The van der Waals surface area contributed by atoms with E-state index in [0.717, 1.165) is 25.5 Å². The Morgan fingerprint density at radius 2 is 1.90 bits per heavy atom. The molecule has 3 atom stereocenters. The molecule has 1 N–H and O–H groups in total. The number of hydrogen-bond donors (Lipinski definition) is 1. The van der Waals surface area contributed by atoms with Crippen LogP contribution in [0.4, 0.5) is 8.78 Å². The number of hydrogen-bond acceptors (Lipinski definition) is 3. The Labute approximate surface area is 118 Å². The van der Waals surface area contributed by atoms with Crippen LogP contribution in [0.1, 0.15) is 26.7 Å². The molecule has 1 fully saturated rings. The Morgan fingerprint density at radius 1 is 1.20 bits per heavy atom. The summed E-state index contributed by atoms with van der Waals surface area (Å²) in [4.78, 5) is 0. The van der Waals surface area contributed by atoms with Crippen molar-refractivity contribution >= 4 is 0 Å². The summed E-state index contributed by atoms with van der Waals surface area (Å²) in [6.45, 7) is 5.59. The first kappa shape index (κ1) is 15.2. The Morgan fingerprint density at radius 3 is 2.50 bits per heavy atom. The largest absolute Gasteiger partial charge is 0.487 e. The maximum Gasteiger partial charge on any atom is 0.129 e. The van der Waals surface area contributed by atoms with Crippen LogP contribution in [0.3, 0.4) is 0 Å². The lowest BCUT2D eigenvalue weighted by Crippen LogP contribution is -2.61. The number of nitrogens with one attached hydrogen (secondary N) is 1. The highest BCUT2D eigenvalue weighted by Gasteiger charge is 2.43. The quantitative estimate of drug-likeness (QED) is 0.835. The van der Waals surface area contributed by atoms with Gasteiger partial charge in [0.25, 0.3) is 0 Å². The Bertz CT molecular complexity index is 422. The van der Waals surface area contributed by atoms with Crippen LogP contribution in [-0.2, 0) is 4.74 Å². The summed E-state index contributed by atoms with van der Waals surface area (Å²) in [6.07, 6.45) is 1.48. The summed E-state index contributed by atoms with van der Waals surface area (Å²) >= 11 is 0. The summed E-state index contributed by atoms with van der Waals surface area (Å²) in [5.74, 6) is -1.05. The fraction of sp³-hybridized carbons (Fsp3) is 0.600. The number of likely N-dealkylation sites (N-methyl/N-ethyl adjacent to an activating group) is 1. The van der Waals surface area contributed by atoms with E-state index in [0.29, 0.717) is 6.61 Å². The SMILES string of the molecule is CCCOC1C(NCC)CC1Oc1cc(F)cc(F)c1. The lowest BCUT2D eigenvalue weighted by atomic mass is 9.85. The van der Waals surface area contributed by atoms with Gasteiger partial charge in [-0.15, -0.1) is 0 Å². The molecule has 1 saturated carbocycles. The average molecular weight is 285 g/mol. The molecule has 0 aromatic heterocycles. The molecule has 5 heteroatoms. The Kier molecular flexibility index (Phi) is 5.31. The van der Waals surface area contributed by atoms with Crippen molar-refractivity contribution in [2.24, 2.45) is 0 Å². The van der Waals surface area contributed by atoms with Crippen LogP contribution >= 0.6 is 0 Å². The first-order valence-corrected chi connectivity index (χ1v) is 7.11. The van der Waals surface area contributed by atoms with Crippen molar-refractivity contribution in [3.05, 3.63) is 29.8 Å². The second-order valence-electron chi connectivity index (χ2n) is 5.00. The van der Waals surface area contributed by atoms with Gasteiger partial charge in [0.2, 0.25) is 0 Å². The third-order valence-electron chi connectivity index (χ3n) is 3.35. The molecule has 1 aromatic carbocycles. The van der Waals surface area contributed by atoms with Gasteiger partial charge in [0.15, 0.2) is 0 Å². The van der Waals surface area contributed by atoms with Gasteiger partial charge in [0, 0.05) is 37.3 Å². The highest BCUT2D eigenvalue weighted by Crippen LogP contribution is 2.30. The zero-order valence-corrected chi connectivity index (χ0v) is 11.9. The van der Waals surface area contributed by atoms with Crippen LogP contribution in [0.25, 0.3) is 0 Å². The van der Waals surface area contributed by atoms with Crippen molar-refractivity contribution in [2.45, 2.75) is 44.9 Å². The summed E-state index contributed by atoms with van der Waals surface area (Å²) in [5.41, 5.74) is 0. The van der Waals surface area contributed by atoms with Gasteiger partial charge in [0.1, 0.15) is 29.6 Å². The molecule has 0 spiro atoms. The van der Waals surface area contributed by atoms with Crippen LogP contribution < -0.4 is 10.1 Å². The van der Waals surface area contributed by atoms with Crippen molar-refractivity contribution in [1.29, 1.82) is 0 Å². The topological polar surface area (TPSA) is 30.5 Å². The molecule has 2 rings (SSSR count). The minimum atomic E-state index is -0.631. The Hall–Kier alpha value is -1.20. The predicted molar refractivity (Wildman–Crippen MR) is 72.9 cm³/mol. The van der Waals surface area contributed by atoms with Crippen molar-refractivity contribution in [2.75, 3.05) is 13.2 Å². The van der Waals surface area contributed by atoms with Crippen molar-refractivity contribution in [3.8, 4) is 5.75 Å². The third-order valence-corrected chi connectivity index (χ3v) is 3.35. The molecule has 0 radical (unpaired) electrons. The van der Waals surface area contributed by atoms with Gasteiger partial charge in [-0.05, 0) is 13.0 Å². The van der Waals surface area contributed by atoms with Gasteiger partial charge in [-0.1, -0.05) is 13.8 Å². The molecular weight excluding hydrogens is 264 g/mol. The first-order valence-electron chi connectivity index (χ1n) is 7.11. The standard InChI is InChI=1S/C15H21F2NO2/c1-3-5-19-15-13(18-4-2)9-14(15)20-12-7-10(16)6-11(17)8-12/h6-8,13-15,18H,3-5,9H2,1-2H3. The first-order chi connectivity index (χ1) is 9.63. The summed E-state index contributed by atoms with van der Waals surface area (Å²) in [7, 11) is 0. The van der Waals surface area contributed by atoms with Crippen LogP contribution in [0, 0.1) is 11.6 Å². The molecule has 0 aliphatic heterocycles. The van der Waals surface area contributed by atoms with Crippen LogP contribution in [-0.4, -0.2) is 31.4 Å². The number of halogens is 2. The molecular formula is C15H21F2NO2. The predicted octanol–water partition coefficient (Wildman–Crippen LogP) is 2.89. The van der Waals surface area contributed by atoms with E-state index in [-0.39, 0.29) is 24.0 Å². The van der Waals surface area contributed by atoms with E-state index in [1.165, 1.54) is 12.1 Å². The second kappa shape index (κ2) is 6.99. The van der Waals surface area contributed by atoms with Gasteiger partial charge in [0.05, 0.1) is 0 Å². The highest BCUT2D eigenvalue weighted by molar-refractivity contribution is 5.24. The smallest absolute Gasteiger partial charge is 0.129 e. The van der Waals surface area contributed by atoms with Gasteiger partial charge in [-0.3, -0.25) is 0 Å². The summed E-state index contributed by atoms with van der Waals surface area (Å²) in [5, 5.41) is 3.33. The number of rotatable bonds is 7. The second-order valence-corrected chi connectivity index (χ2v) is 5.00. The van der Waals surface area contributed by atoms with Crippen molar-refractivity contribution in [1.82, 2.24) is 5.32 Å². The van der Waals surface area contributed by atoms with Crippen LogP contribution in [0.5, 0.6) is 5.75 Å². The third kappa shape index (κ3) is 3.67. The molecule has 0 amide bonds. The van der Waals surface area contributed by atoms with Gasteiger partial charge in [-0.2, -0.15) is 0 Å². The molecule has 20 heavy (non-hydrogen) atoms. The number of benzene rings is 1. The molecule has 1 aliphatic rings. The van der Waals surface area contributed by atoms with E-state index in [9.17, 15) is 8.78 Å². The van der Waals surface area contributed by atoms with Gasteiger partial charge >= 0.3 is 0 Å². The summed E-state index contributed by atoms with van der Waals surface area (Å²) in [6, 6.07) is 3.47. The zero-order chi connectivity index (χ0) is 14.5. The zero-order valence-electron chi connectivity index (χ0n) is 11.9. The lowest BCUT2D eigenvalue weighted by molar-refractivity contribution is -0.107. The average Bonchev–Trinajstić information content (AvgIpc) is 2.36. The Balaban J connectivity index is 1.97. The molecule has 1 aliphatic carbocycles. The molecule has 0 saturated heterocycles. The molecule has 0 heterocycles. The van der Waals surface area contributed by atoms with Crippen molar-refractivity contribution in [3.63, 3.8) is 0 Å². The van der Waals surface area contributed by atoms with E-state index in [1.807, 2.05) is 13.8 Å². The molecule has 1 aromatic rings. The van der Waals surface area contributed by atoms with E-state index >= 15 is 0 Å². The monoisotopic (exact) mass is 285 g/mol. The molecule has 0 bridgehead atoms. The molecule has 3 nitrogen and oxygen atoms in total.